The Hall–Kier alpha value is -2.07. The maximum atomic E-state index is 11.0. The summed E-state index contributed by atoms with van der Waals surface area (Å²) in [6.07, 6.45) is 0. The Morgan fingerprint density at radius 1 is 1.56 bits per heavy atom. The van der Waals surface area contributed by atoms with E-state index in [4.69, 9.17) is 10.4 Å². The lowest BCUT2D eigenvalue weighted by Gasteiger charge is -2.18. The molecule has 0 aromatic heterocycles. The van der Waals surface area contributed by atoms with Crippen molar-refractivity contribution in [1.82, 2.24) is 0 Å². The van der Waals surface area contributed by atoms with Gasteiger partial charge in [-0.3, -0.25) is 14.9 Å². The smallest absolute Gasteiger partial charge is 0.319 e. The molecule has 1 rings (SSSR count). The average molecular weight is 266 g/mol. The third-order valence-corrected chi connectivity index (χ3v) is 3.35. The minimum Gasteiger partial charge on any atom is -0.480 e. The number of rotatable bonds is 4. The Kier molecular flexibility index (Phi) is 3.93. The Bertz CT molecular complexity index is 548. The molecule has 0 atom stereocenters. The van der Waals surface area contributed by atoms with Crippen molar-refractivity contribution in [1.29, 1.82) is 5.26 Å². The number of benzene rings is 1. The van der Waals surface area contributed by atoms with Crippen LogP contribution in [0.4, 0.5) is 5.69 Å². The predicted octanol–water partition coefficient (Wildman–Crippen LogP) is 2.42. The molecule has 0 fully saturated rings. The summed E-state index contributed by atoms with van der Waals surface area (Å²) in [4.78, 5) is 21.5. The van der Waals surface area contributed by atoms with E-state index in [0.717, 1.165) is 11.8 Å². The number of carbonyl (C=O) groups is 1. The van der Waals surface area contributed by atoms with E-state index in [0.29, 0.717) is 4.90 Å². The van der Waals surface area contributed by atoms with Crippen LogP contribution in [-0.2, 0) is 4.79 Å². The van der Waals surface area contributed by atoms with E-state index >= 15 is 0 Å². The van der Waals surface area contributed by atoms with Crippen LogP contribution in [0, 0.1) is 21.4 Å². The lowest BCUT2D eigenvalue weighted by Crippen LogP contribution is -2.26. The maximum Gasteiger partial charge on any atom is 0.319 e. The van der Waals surface area contributed by atoms with Crippen LogP contribution in [0.3, 0.4) is 0 Å². The fourth-order valence-corrected chi connectivity index (χ4v) is 2.14. The number of thioether (sulfide) groups is 1. The Labute approximate surface area is 107 Å². The van der Waals surface area contributed by atoms with Crippen molar-refractivity contribution in [3.05, 3.63) is 33.9 Å². The fourth-order valence-electron chi connectivity index (χ4n) is 1.16. The molecule has 0 saturated heterocycles. The van der Waals surface area contributed by atoms with E-state index < -0.39 is 15.6 Å². The molecular formula is C11H10N2O4S. The Morgan fingerprint density at radius 3 is 2.61 bits per heavy atom. The van der Waals surface area contributed by atoms with Gasteiger partial charge < -0.3 is 5.11 Å². The Balaban J connectivity index is 3.15. The summed E-state index contributed by atoms with van der Waals surface area (Å²) in [6, 6.07) is 5.76. The topological polar surface area (TPSA) is 104 Å². The molecule has 0 spiro atoms. The summed E-state index contributed by atoms with van der Waals surface area (Å²) in [5.74, 6) is -1.01. The molecule has 7 heteroatoms. The van der Waals surface area contributed by atoms with E-state index in [2.05, 4.69) is 0 Å². The average Bonchev–Trinajstić information content (AvgIpc) is 2.28. The third kappa shape index (κ3) is 2.99. The summed E-state index contributed by atoms with van der Waals surface area (Å²) >= 11 is 0.991. The van der Waals surface area contributed by atoms with Crippen LogP contribution in [0.1, 0.15) is 19.4 Å². The first-order chi connectivity index (χ1) is 8.27. The standard InChI is InChI=1S/C11H10N2O4S/c1-11(2,10(14)15)18-8-4-3-7(6-12)9(5-8)13(16)17/h3-5H,1-2H3,(H,14,15). The van der Waals surface area contributed by atoms with Gasteiger partial charge >= 0.3 is 5.97 Å². The number of nitro benzene ring substituents is 1. The molecule has 0 amide bonds. The summed E-state index contributed by atoms with van der Waals surface area (Å²) in [5, 5.41) is 28.5. The minimum absolute atomic E-state index is 0.0440. The third-order valence-electron chi connectivity index (χ3n) is 2.17. The van der Waals surface area contributed by atoms with Crippen LogP contribution in [0.25, 0.3) is 0 Å². The molecule has 1 aromatic carbocycles. The molecule has 0 heterocycles. The first-order valence-corrected chi connectivity index (χ1v) is 5.70. The van der Waals surface area contributed by atoms with Crippen molar-refractivity contribution in [2.45, 2.75) is 23.5 Å². The van der Waals surface area contributed by atoms with Crippen molar-refractivity contribution >= 4 is 23.4 Å². The highest BCUT2D eigenvalue weighted by Gasteiger charge is 2.29. The van der Waals surface area contributed by atoms with Crippen LogP contribution < -0.4 is 0 Å². The second-order valence-corrected chi connectivity index (χ2v) is 5.66. The molecule has 0 bridgehead atoms. The van der Waals surface area contributed by atoms with Crippen molar-refractivity contribution < 1.29 is 14.8 Å². The van der Waals surface area contributed by atoms with Gasteiger partial charge in [-0.05, 0) is 26.0 Å². The van der Waals surface area contributed by atoms with Gasteiger partial charge in [-0.25, -0.2) is 0 Å². The van der Waals surface area contributed by atoms with Crippen molar-refractivity contribution in [3.63, 3.8) is 0 Å². The summed E-state index contributed by atoms with van der Waals surface area (Å²) in [7, 11) is 0. The molecule has 6 nitrogen and oxygen atoms in total. The monoisotopic (exact) mass is 266 g/mol. The molecule has 0 radical (unpaired) electrons. The number of nitrogens with zero attached hydrogens (tertiary/aromatic N) is 2. The van der Waals surface area contributed by atoms with Crippen LogP contribution >= 0.6 is 11.8 Å². The quantitative estimate of drug-likeness (QED) is 0.509. The fraction of sp³-hybridized carbons (Fsp3) is 0.273. The van der Waals surface area contributed by atoms with Gasteiger partial charge in [0.2, 0.25) is 0 Å². The molecule has 0 unspecified atom stereocenters. The number of hydrogen-bond donors (Lipinski definition) is 1. The van der Waals surface area contributed by atoms with E-state index in [9.17, 15) is 14.9 Å². The highest BCUT2D eigenvalue weighted by Crippen LogP contribution is 2.35. The zero-order valence-electron chi connectivity index (χ0n) is 9.71. The van der Waals surface area contributed by atoms with Crippen LogP contribution in [0.15, 0.2) is 23.1 Å². The second kappa shape index (κ2) is 5.06. The van der Waals surface area contributed by atoms with E-state index in [1.54, 1.807) is 6.07 Å². The molecule has 0 aliphatic rings. The van der Waals surface area contributed by atoms with E-state index in [1.165, 1.54) is 32.0 Å². The largest absolute Gasteiger partial charge is 0.480 e. The molecule has 1 aromatic rings. The molecule has 1 N–H and O–H groups in total. The zero-order valence-corrected chi connectivity index (χ0v) is 10.5. The van der Waals surface area contributed by atoms with Gasteiger partial charge in [0.25, 0.3) is 5.69 Å². The van der Waals surface area contributed by atoms with E-state index in [1.807, 2.05) is 0 Å². The first kappa shape index (κ1) is 14.0. The molecule has 0 aliphatic carbocycles. The van der Waals surface area contributed by atoms with Gasteiger partial charge in [0.05, 0.1) is 4.92 Å². The van der Waals surface area contributed by atoms with Gasteiger partial charge in [0.1, 0.15) is 16.4 Å². The van der Waals surface area contributed by atoms with Crippen LogP contribution in [-0.4, -0.2) is 20.7 Å². The highest BCUT2D eigenvalue weighted by molar-refractivity contribution is 8.01. The number of carboxylic acids is 1. The molecule has 0 saturated carbocycles. The van der Waals surface area contributed by atoms with Gasteiger partial charge in [-0.1, -0.05) is 0 Å². The molecule has 94 valence electrons. The van der Waals surface area contributed by atoms with Crippen molar-refractivity contribution in [3.8, 4) is 6.07 Å². The number of hydrogen-bond acceptors (Lipinski definition) is 5. The van der Waals surface area contributed by atoms with Gasteiger partial charge in [-0.15, -0.1) is 11.8 Å². The van der Waals surface area contributed by atoms with Gasteiger partial charge in [-0.2, -0.15) is 5.26 Å². The normalized spacial score (nSPS) is 10.7. The van der Waals surface area contributed by atoms with E-state index in [-0.39, 0.29) is 11.3 Å². The minimum atomic E-state index is -1.10. The lowest BCUT2D eigenvalue weighted by atomic mass is 10.2. The number of carboxylic acid groups (broad SMARTS) is 1. The number of nitriles is 1. The number of aliphatic carboxylic acids is 1. The second-order valence-electron chi connectivity index (χ2n) is 3.97. The van der Waals surface area contributed by atoms with Crippen molar-refractivity contribution in [2.24, 2.45) is 0 Å². The first-order valence-electron chi connectivity index (χ1n) is 4.89. The van der Waals surface area contributed by atoms with Crippen molar-refractivity contribution in [2.75, 3.05) is 0 Å². The van der Waals surface area contributed by atoms with Gasteiger partial charge in [0, 0.05) is 11.0 Å². The SMILES string of the molecule is CC(C)(Sc1ccc(C#N)c([N+](=O)[O-])c1)C(=O)O. The molecular weight excluding hydrogens is 256 g/mol. The maximum absolute atomic E-state index is 11.0. The molecule has 18 heavy (non-hydrogen) atoms. The van der Waals surface area contributed by atoms with Crippen LogP contribution in [0.2, 0.25) is 0 Å². The van der Waals surface area contributed by atoms with Crippen LogP contribution in [0.5, 0.6) is 0 Å². The Morgan fingerprint density at radius 2 is 2.17 bits per heavy atom. The summed E-state index contributed by atoms with van der Waals surface area (Å²) < 4.78 is -1.10. The zero-order chi connectivity index (χ0) is 13.9. The summed E-state index contributed by atoms with van der Waals surface area (Å²) in [6.45, 7) is 3.01. The summed E-state index contributed by atoms with van der Waals surface area (Å²) in [5.41, 5.74) is -0.360. The number of nitro groups is 1. The predicted molar refractivity (Wildman–Crippen MR) is 65.4 cm³/mol. The lowest BCUT2D eigenvalue weighted by molar-refractivity contribution is -0.385. The van der Waals surface area contributed by atoms with Gasteiger partial charge in [0.15, 0.2) is 0 Å². The highest BCUT2D eigenvalue weighted by atomic mass is 32.2. The molecule has 0 aliphatic heterocycles.